The maximum absolute atomic E-state index is 12.1. The first-order valence-corrected chi connectivity index (χ1v) is 8.39. The van der Waals surface area contributed by atoms with Crippen molar-refractivity contribution in [2.45, 2.75) is 44.7 Å². The summed E-state index contributed by atoms with van der Waals surface area (Å²) in [5.74, 6) is 0.801. The number of urea groups is 1. The summed E-state index contributed by atoms with van der Waals surface area (Å²) >= 11 is 0. The van der Waals surface area contributed by atoms with Gasteiger partial charge in [-0.15, -0.1) is 0 Å². The van der Waals surface area contributed by atoms with Crippen LogP contribution in [0.1, 0.15) is 38.6 Å². The number of hydrogen-bond acceptors (Lipinski definition) is 4. The summed E-state index contributed by atoms with van der Waals surface area (Å²) < 4.78 is 7.30. The van der Waals surface area contributed by atoms with Gasteiger partial charge < -0.3 is 15.4 Å². The third kappa shape index (κ3) is 4.24. The van der Waals surface area contributed by atoms with Crippen LogP contribution in [0.25, 0.3) is 0 Å². The highest BCUT2D eigenvalue weighted by Gasteiger charge is 2.23. The Hall–Kier alpha value is -2.57. The van der Waals surface area contributed by atoms with E-state index in [0.717, 1.165) is 37.1 Å². The van der Waals surface area contributed by atoms with Gasteiger partial charge in [-0.3, -0.25) is 0 Å². The first-order valence-electron chi connectivity index (χ1n) is 8.39. The van der Waals surface area contributed by atoms with Crippen molar-refractivity contribution in [1.82, 2.24) is 20.1 Å². The average molecular weight is 329 g/mol. The van der Waals surface area contributed by atoms with E-state index < -0.39 is 0 Å². The quantitative estimate of drug-likeness (QED) is 0.883. The topological polar surface area (TPSA) is 81.1 Å². The maximum Gasteiger partial charge on any atom is 0.319 e. The van der Waals surface area contributed by atoms with Gasteiger partial charge in [0.2, 0.25) is 0 Å². The molecular formula is C17H23N5O2. The Morgan fingerprint density at radius 3 is 2.62 bits per heavy atom. The molecule has 128 valence electrons. The van der Waals surface area contributed by atoms with Crippen LogP contribution in [0.3, 0.4) is 0 Å². The molecule has 0 radical (unpaired) electrons. The number of hydrogen-bond donors (Lipinski definition) is 2. The first-order chi connectivity index (χ1) is 11.7. The molecule has 7 nitrogen and oxygen atoms in total. The van der Waals surface area contributed by atoms with Crippen molar-refractivity contribution in [3.05, 3.63) is 36.9 Å². The smallest absolute Gasteiger partial charge is 0.319 e. The first kappa shape index (κ1) is 16.3. The molecule has 1 aromatic heterocycles. The minimum absolute atomic E-state index is 0.164. The monoisotopic (exact) mass is 329 g/mol. The Morgan fingerprint density at radius 1 is 1.25 bits per heavy atom. The second-order valence-corrected chi connectivity index (χ2v) is 5.94. The van der Waals surface area contributed by atoms with E-state index in [1.54, 1.807) is 12.7 Å². The van der Waals surface area contributed by atoms with Crippen LogP contribution in [-0.4, -0.2) is 33.4 Å². The zero-order valence-electron chi connectivity index (χ0n) is 13.8. The number of rotatable bonds is 5. The molecule has 1 heterocycles. The molecule has 1 saturated carbocycles. The molecule has 7 heteroatoms. The molecule has 1 fully saturated rings. The van der Waals surface area contributed by atoms with Gasteiger partial charge in [-0.2, -0.15) is 5.10 Å². The summed E-state index contributed by atoms with van der Waals surface area (Å²) in [5.41, 5.74) is 0.757. The molecule has 1 aliphatic rings. The van der Waals surface area contributed by atoms with Crippen molar-refractivity contribution in [3.63, 3.8) is 0 Å². The fraction of sp³-hybridized carbons (Fsp3) is 0.471. The van der Waals surface area contributed by atoms with Crippen LogP contribution in [0.4, 0.5) is 10.5 Å². The van der Waals surface area contributed by atoms with Gasteiger partial charge in [-0.25, -0.2) is 14.5 Å². The molecule has 2 amide bonds. The number of aromatic nitrogens is 3. The highest BCUT2D eigenvalue weighted by Crippen LogP contribution is 2.27. The number of nitrogens with zero attached hydrogens (tertiary/aromatic N) is 3. The summed E-state index contributed by atoms with van der Waals surface area (Å²) in [6, 6.07) is 7.80. The third-order valence-corrected chi connectivity index (χ3v) is 4.27. The summed E-state index contributed by atoms with van der Waals surface area (Å²) in [6.07, 6.45) is 7.21. The lowest BCUT2D eigenvalue weighted by molar-refractivity contribution is 0.235. The van der Waals surface area contributed by atoms with E-state index in [0.29, 0.717) is 12.6 Å². The third-order valence-electron chi connectivity index (χ3n) is 4.27. The van der Waals surface area contributed by atoms with Crippen molar-refractivity contribution in [3.8, 4) is 5.75 Å². The van der Waals surface area contributed by atoms with Gasteiger partial charge in [-0.1, -0.05) is 0 Å². The van der Waals surface area contributed by atoms with Crippen LogP contribution in [-0.2, 0) is 0 Å². The number of amides is 2. The lowest BCUT2D eigenvalue weighted by Crippen LogP contribution is -2.40. The second-order valence-electron chi connectivity index (χ2n) is 5.94. The number of benzene rings is 1. The molecule has 0 spiro atoms. The number of carbonyl (C=O) groups is 1. The molecule has 2 aromatic rings. The van der Waals surface area contributed by atoms with E-state index in [1.807, 2.05) is 35.9 Å². The Morgan fingerprint density at radius 2 is 2.00 bits per heavy atom. The summed E-state index contributed by atoms with van der Waals surface area (Å²) in [7, 11) is 0. The molecule has 1 aromatic carbocycles. The van der Waals surface area contributed by atoms with Crippen molar-refractivity contribution in [2.24, 2.45) is 0 Å². The standard InChI is InChI=1S/C17H23N5O2/c1-2-24-16-9-5-14(6-10-16)21-17(23)20-13-3-7-15(8-4-13)22-12-18-11-19-22/h5-6,9-13,15H,2-4,7-8H2,1H3,(H2,20,21,23). The molecule has 2 N–H and O–H groups in total. The van der Waals surface area contributed by atoms with Crippen LogP contribution < -0.4 is 15.4 Å². The fourth-order valence-corrected chi connectivity index (χ4v) is 3.04. The number of ether oxygens (including phenoxy) is 1. The molecule has 0 bridgehead atoms. The lowest BCUT2D eigenvalue weighted by atomic mass is 9.91. The van der Waals surface area contributed by atoms with Crippen LogP contribution in [0.2, 0.25) is 0 Å². The Bertz CT molecular complexity index is 634. The second kappa shape index (κ2) is 7.81. The van der Waals surface area contributed by atoms with Crippen LogP contribution in [0.5, 0.6) is 5.75 Å². The van der Waals surface area contributed by atoms with E-state index >= 15 is 0 Å². The van der Waals surface area contributed by atoms with Crippen LogP contribution >= 0.6 is 0 Å². The zero-order chi connectivity index (χ0) is 16.8. The van der Waals surface area contributed by atoms with E-state index in [4.69, 9.17) is 4.74 Å². The molecule has 0 unspecified atom stereocenters. The predicted molar refractivity (Wildman–Crippen MR) is 91.1 cm³/mol. The maximum atomic E-state index is 12.1. The molecule has 0 saturated heterocycles. The van der Waals surface area contributed by atoms with Crippen molar-refractivity contribution < 1.29 is 9.53 Å². The Kier molecular flexibility index (Phi) is 5.30. The largest absolute Gasteiger partial charge is 0.494 e. The van der Waals surface area contributed by atoms with Gasteiger partial charge in [0, 0.05) is 11.7 Å². The Labute approximate surface area is 141 Å². The average Bonchev–Trinajstić information content (AvgIpc) is 3.12. The minimum Gasteiger partial charge on any atom is -0.494 e. The summed E-state index contributed by atoms with van der Waals surface area (Å²) in [5, 5.41) is 10.1. The molecule has 24 heavy (non-hydrogen) atoms. The van der Waals surface area contributed by atoms with Gasteiger partial charge in [0.15, 0.2) is 0 Å². The van der Waals surface area contributed by atoms with Gasteiger partial charge >= 0.3 is 6.03 Å². The number of carbonyl (C=O) groups excluding carboxylic acids is 1. The van der Waals surface area contributed by atoms with Gasteiger partial charge in [0.25, 0.3) is 0 Å². The summed E-state index contributed by atoms with van der Waals surface area (Å²) in [6.45, 7) is 2.57. The SMILES string of the molecule is CCOc1ccc(NC(=O)NC2CCC(n3cncn3)CC2)cc1. The molecule has 3 rings (SSSR count). The van der Waals surface area contributed by atoms with Crippen LogP contribution in [0.15, 0.2) is 36.9 Å². The molecule has 1 aliphatic carbocycles. The fourth-order valence-electron chi connectivity index (χ4n) is 3.04. The highest BCUT2D eigenvalue weighted by molar-refractivity contribution is 5.89. The number of nitrogens with one attached hydrogen (secondary N) is 2. The predicted octanol–water partition coefficient (Wildman–Crippen LogP) is 2.98. The summed E-state index contributed by atoms with van der Waals surface area (Å²) in [4.78, 5) is 16.1. The lowest BCUT2D eigenvalue weighted by Gasteiger charge is -2.29. The highest BCUT2D eigenvalue weighted by atomic mass is 16.5. The van der Waals surface area contributed by atoms with Crippen molar-refractivity contribution >= 4 is 11.7 Å². The van der Waals surface area contributed by atoms with Crippen molar-refractivity contribution in [2.75, 3.05) is 11.9 Å². The molecule has 0 atom stereocenters. The van der Waals surface area contributed by atoms with Crippen LogP contribution in [0, 0.1) is 0 Å². The normalized spacial score (nSPS) is 20.4. The van der Waals surface area contributed by atoms with Gasteiger partial charge in [0.1, 0.15) is 18.4 Å². The van der Waals surface area contributed by atoms with Gasteiger partial charge in [-0.05, 0) is 56.9 Å². The van der Waals surface area contributed by atoms with E-state index in [1.165, 1.54) is 0 Å². The Balaban J connectivity index is 1.44. The van der Waals surface area contributed by atoms with E-state index in [2.05, 4.69) is 20.7 Å². The molecular weight excluding hydrogens is 306 g/mol. The zero-order valence-corrected chi connectivity index (χ0v) is 13.8. The van der Waals surface area contributed by atoms with Crippen molar-refractivity contribution in [1.29, 1.82) is 0 Å². The minimum atomic E-state index is -0.164. The van der Waals surface area contributed by atoms with Gasteiger partial charge in [0.05, 0.1) is 12.6 Å². The number of anilines is 1. The van der Waals surface area contributed by atoms with E-state index in [-0.39, 0.29) is 12.1 Å². The van der Waals surface area contributed by atoms with E-state index in [9.17, 15) is 4.79 Å². The molecule has 0 aliphatic heterocycles.